The van der Waals surface area contributed by atoms with E-state index >= 15 is 0 Å². The van der Waals surface area contributed by atoms with Gasteiger partial charge in [0.1, 0.15) is 11.5 Å². The molecule has 4 N–H and O–H groups in total. The lowest BCUT2D eigenvalue weighted by atomic mass is 10.1. The molecule has 0 aliphatic rings. The Balaban J connectivity index is 2.22. The standard InChI is InChI=1S/C14H13NO2/c15-12-7-11(8-14(17)9-12)2-1-10-3-5-13(16)6-4-10/h1-9,16-17H,15H2. The Morgan fingerprint density at radius 3 is 2.06 bits per heavy atom. The lowest BCUT2D eigenvalue weighted by Crippen LogP contribution is -1.84. The van der Waals surface area contributed by atoms with Crippen molar-refractivity contribution in [3.05, 3.63) is 53.6 Å². The molecule has 0 amide bonds. The Kier molecular flexibility index (Phi) is 3.01. The number of phenols is 2. The second-order valence-electron chi connectivity index (χ2n) is 3.78. The molecule has 2 aromatic carbocycles. The van der Waals surface area contributed by atoms with E-state index in [1.807, 2.05) is 12.2 Å². The molecule has 3 heteroatoms. The molecule has 0 aromatic heterocycles. The predicted octanol–water partition coefficient (Wildman–Crippen LogP) is 2.85. The van der Waals surface area contributed by atoms with E-state index in [9.17, 15) is 5.11 Å². The monoisotopic (exact) mass is 227 g/mol. The van der Waals surface area contributed by atoms with Crippen LogP contribution in [0.4, 0.5) is 5.69 Å². The van der Waals surface area contributed by atoms with Gasteiger partial charge in [0.15, 0.2) is 0 Å². The van der Waals surface area contributed by atoms with Crippen molar-refractivity contribution in [1.29, 1.82) is 0 Å². The Morgan fingerprint density at radius 1 is 0.765 bits per heavy atom. The topological polar surface area (TPSA) is 66.5 Å². The number of phenolic OH excluding ortho intramolecular Hbond substituents is 2. The van der Waals surface area contributed by atoms with Crippen molar-refractivity contribution in [2.75, 3.05) is 5.73 Å². The summed E-state index contributed by atoms with van der Waals surface area (Å²) in [5, 5.41) is 18.5. The second kappa shape index (κ2) is 4.61. The summed E-state index contributed by atoms with van der Waals surface area (Å²) in [5.41, 5.74) is 7.94. The summed E-state index contributed by atoms with van der Waals surface area (Å²) in [6.45, 7) is 0. The third kappa shape index (κ3) is 3.01. The first-order valence-corrected chi connectivity index (χ1v) is 5.20. The molecular weight excluding hydrogens is 214 g/mol. The number of rotatable bonds is 2. The van der Waals surface area contributed by atoms with Gasteiger partial charge in [-0.2, -0.15) is 0 Å². The fourth-order valence-corrected chi connectivity index (χ4v) is 1.53. The lowest BCUT2D eigenvalue weighted by molar-refractivity contribution is 0.475. The molecule has 0 aliphatic heterocycles. The molecule has 0 fully saturated rings. The van der Waals surface area contributed by atoms with Crippen molar-refractivity contribution in [3.8, 4) is 11.5 Å². The van der Waals surface area contributed by atoms with E-state index in [-0.39, 0.29) is 11.5 Å². The second-order valence-corrected chi connectivity index (χ2v) is 3.78. The molecule has 0 unspecified atom stereocenters. The zero-order valence-electron chi connectivity index (χ0n) is 9.17. The van der Waals surface area contributed by atoms with Crippen molar-refractivity contribution in [2.24, 2.45) is 0 Å². The van der Waals surface area contributed by atoms with E-state index in [0.717, 1.165) is 11.1 Å². The number of hydrogen-bond donors (Lipinski definition) is 3. The number of aromatic hydroxyl groups is 2. The Labute approximate surface area is 99.5 Å². The Bertz CT molecular complexity index is 524. The van der Waals surface area contributed by atoms with Gasteiger partial charge in [-0.1, -0.05) is 24.3 Å². The van der Waals surface area contributed by atoms with Gasteiger partial charge in [0.2, 0.25) is 0 Å². The maximum atomic E-state index is 9.38. The molecule has 2 rings (SSSR count). The molecule has 0 radical (unpaired) electrons. The van der Waals surface area contributed by atoms with Gasteiger partial charge in [-0.25, -0.2) is 0 Å². The summed E-state index contributed by atoms with van der Waals surface area (Å²) in [4.78, 5) is 0. The fourth-order valence-electron chi connectivity index (χ4n) is 1.53. The highest BCUT2D eigenvalue weighted by Crippen LogP contribution is 2.19. The Morgan fingerprint density at radius 2 is 1.41 bits per heavy atom. The summed E-state index contributed by atoms with van der Waals surface area (Å²) >= 11 is 0. The molecule has 86 valence electrons. The summed E-state index contributed by atoms with van der Waals surface area (Å²) in [6, 6.07) is 11.8. The van der Waals surface area contributed by atoms with Gasteiger partial charge in [0.05, 0.1) is 0 Å². The SMILES string of the molecule is Nc1cc(O)cc(C=Cc2ccc(O)cc2)c1. The predicted molar refractivity (Wildman–Crippen MR) is 69.6 cm³/mol. The summed E-state index contributed by atoms with van der Waals surface area (Å²) < 4.78 is 0. The van der Waals surface area contributed by atoms with E-state index in [0.29, 0.717) is 5.69 Å². The molecule has 0 aliphatic carbocycles. The van der Waals surface area contributed by atoms with Crippen molar-refractivity contribution in [2.45, 2.75) is 0 Å². The zero-order valence-corrected chi connectivity index (χ0v) is 9.17. The molecule has 17 heavy (non-hydrogen) atoms. The smallest absolute Gasteiger partial charge is 0.118 e. The quantitative estimate of drug-likeness (QED) is 0.546. The van der Waals surface area contributed by atoms with E-state index in [1.165, 1.54) is 6.07 Å². The van der Waals surface area contributed by atoms with Crippen LogP contribution in [-0.4, -0.2) is 10.2 Å². The van der Waals surface area contributed by atoms with Crippen LogP contribution in [0, 0.1) is 0 Å². The van der Waals surface area contributed by atoms with Gasteiger partial charge in [0.25, 0.3) is 0 Å². The maximum absolute atomic E-state index is 9.38. The molecule has 0 saturated heterocycles. The summed E-state index contributed by atoms with van der Waals surface area (Å²) in [7, 11) is 0. The number of nitrogens with two attached hydrogens (primary N) is 1. The van der Waals surface area contributed by atoms with E-state index < -0.39 is 0 Å². The van der Waals surface area contributed by atoms with Gasteiger partial charge in [-0.15, -0.1) is 0 Å². The fraction of sp³-hybridized carbons (Fsp3) is 0. The highest BCUT2D eigenvalue weighted by atomic mass is 16.3. The molecule has 0 spiro atoms. The van der Waals surface area contributed by atoms with Gasteiger partial charge < -0.3 is 15.9 Å². The van der Waals surface area contributed by atoms with Gasteiger partial charge >= 0.3 is 0 Å². The van der Waals surface area contributed by atoms with Crippen LogP contribution in [0.25, 0.3) is 12.2 Å². The number of hydrogen-bond acceptors (Lipinski definition) is 3. The average molecular weight is 227 g/mol. The van der Waals surface area contributed by atoms with Crippen LogP contribution in [-0.2, 0) is 0 Å². The van der Waals surface area contributed by atoms with Crippen LogP contribution < -0.4 is 5.73 Å². The van der Waals surface area contributed by atoms with E-state index in [4.69, 9.17) is 10.8 Å². The Hall–Kier alpha value is -2.42. The number of benzene rings is 2. The number of anilines is 1. The highest BCUT2D eigenvalue weighted by Gasteiger charge is 1.94. The first-order valence-electron chi connectivity index (χ1n) is 5.20. The van der Waals surface area contributed by atoms with Crippen LogP contribution in [0.15, 0.2) is 42.5 Å². The molecule has 0 bridgehead atoms. The summed E-state index contributed by atoms with van der Waals surface area (Å²) in [5.74, 6) is 0.388. The van der Waals surface area contributed by atoms with Crippen LogP contribution in [0.3, 0.4) is 0 Å². The maximum Gasteiger partial charge on any atom is 0.118 e. The van der Waals surface area contributed by atoms with Gasteiger partial charge in [-0.05, 0) is 35.4 Å². The van der Waals surface area contributed by atoms with Crippen molar-refractivity contribution in [3.63, 3.8) is 0 Å². The van der Waals surface area contributed by atoms with E-state index in [1.54, 1.807) is 36.4 Å². The first kappa shape index (κ1) is 11.1. The van der Waals surface area contributed by atoms with Crippen molar-refractivity contribution < 1.29 is 10.2 Å². The molecule has 0 atom stereocenters. The van der Waals surface area contributed by atoms with Crippen molar-refractivity contribution in [1.82, 2.24) is 0 Å². The largest absolute Gasteiger partial charge is 0.508 e. The average Bonchev–Trinajstić information content (AvgIpc) is 2.27. The van der Waals surface area contributed by atoms with Gasteiger partial charge in [-0.3, -0.25) is 0 Å². The molecular formula is C14H13NO2. The molecule has 0 heterocycles. The van der Waals surface area contributed by atoms with Crippen LogP contribution in [0.2, 0.25) is 0 Å². The third-order valence-corrected chi connectivity index (χ3v) is 2.32. The van der Waals surface area contributed by atoms with Crippen LogP contribution in [0.1, 0.15) is 11.1 Å². The van der Waals surface area contributed by atoms with Crippen LogP contribution >= 0.6 is 0 Å². The minimum atomic E-state index is 0.148. The van der Waals surface area contributed by atoms with E-state index in [2.05, 4.69) is 0 Å². The zero-order chi connectivity index (χ0) is 12.3. The minimum absolute atomic E-state index is 0.148. The van der Waals surface area contributed by atoms with Crippen molar-refractivity contribution >= 4 is 17.8 Å². The summed E-state index contributed by atoms with van der Waals surface area (Å²) in [6.07, 6.45) is 3.73. The number of nitrogen functional groups attached to an aromatic ring is 1. The lowest BCUT2D eigenvalue weighted by Gasteiger charge is -1.99. The normalized spacial score (nSPS) is 10.8. The molecule has 0 saturated carbocycles. The molecule has 3 nitrogen and oxygen atoms in total. The molecule has 2 aromatic rings. The highest BCUT2D eigenvalue weighted by molar-refractivity contribution is 5.72. The first-order chi connectivity index (χ1) is 8.13. The third-order valence-electron chi connectivity index (χ3n) is 2.32. The van der Waals surface area contributed by atoms with Crippen LogP contribution in [0.5, 0.6) is 11.5 Å². The van der Waals surface area contributed by atoms with Gasteiger partial charge in [0, 0.05) is 11.8 Å². The minimum Gasteiger partial charge on any atom is -0.508 e.